The number of benzene rings is 1. The minimum atomic E-state index is -3.37. The van der Waals surface area contributed by atoms with Gasteiger partial charge < -0.3 is 0 Å². The van der Waals surface area contributed by atoms with Crippen LogP contribution < -0.4 is 0 Å². The Kier molecular flexibility index (Phi) is 5.68. The lowest BCUT2D eigenvalue weighted by Gasteiger charge is -2.42. The van der Waals surface area contributed by atoms with Crippen molar-refractivity contribution in [1.29, 1.82) is 0 Å². The number of aryl methyl sites for hydroxylation is 1. The molecule has 3 rings (SSSR count). The molecule has 0 amide bonds. The first kappa shape index (κ1) is 17.7. The number of rotatable bonds is 3. The topological polar surface area (TPSA) is 37.4 Å². The Labute approximate surface area is 154 Å². The fourth-order valence-corrected chi connectivity index (χ4v) is 6.53. The Morgan fingerprint density at radius 2 is 1.70 bits per heavy atom. The second-order valence-corrected chi connectivity index (χ2v) is 10.7. The quantitative estimate of drug-likeness (QED) is 0.504. The van der Waals surface area contributed by atoms with E-state index in [1.165, 1.54) is 32.1 Å². The highest BCUT2D eigenvalue weighted by atomic mass is 127. The number of sulfonamides is 1. The van der Waals surface area contributed by atoms with Crippen LogP contribution >= 0.6 is 22.6 Å². The van der Waals surface area contributed by atoms with E-state index in [4.69, 9.17) is 0 Å². The molecule has 0 aromatic heterocycles. The van der Waals surface area contributed by atoms with Crippen molar-refractivity contribution in [3.8, 4) is 0 Å². The van der Waals surface area contributed by atoms with Crippen molar-refractivity contribution in [3.05, 3.63) is 29.8 Å². The third kappa shape index (κ3) is 3.93. The standard InChI is InChI=1S/C18H26INO2S/c1-14-7-9-17(10-8-14)23(21,22)20-12-11-16(19)13-18(20)15-5-3-2-4-6-15/h7-10,15-16,18H,2-6,11-13H2,1H3/t16-,18-/m0/s1. The zero-order valence-electron chi connectivity index (χ0n) is 13.7. The normalized spacial score (nSPS) is 27.9. The summed E-state index contributed by atoms with van der Waals surface area (Å²) in [5.74, 6) is 0.543. The molecule has 1 aliphatic carbocycles. The summed E-state index contributed by atoms with van der Waals surface area (Å²) in [6, 6.07) is 7.51. The van der Waals surface area contributed by atoms with Gasteiger partial charge in [0.2, 0.25) is 10.0 Å². The molecule has 128 valence electrons. The van der Waals surface area contributed by atoms with Crippen LogP contribution in [0.3, 0.4) is 0 Å². The smallest absolute Gasteiger partial charge is 0.207 e. The van der Waals surface area contributed by atoms with Gasteiger partial charge in [0, 0.05) is 16.5 Å². The van der Waals surface area contributed by atoms with Gasteiger partial charge in [-0.05, 0) is 50.7 Å². The molecule has 5 heteroatoms. The highest BCUT2D eigenvalue weighted by Gasteiger charge is 2.40. The minimum Gasteiger partial charge on any atom is -0.207 e. The van der Waals surface area contributed by atoms with Crippen LogP contribution in [0.2, 0.25) is 0 Å². The maximum Gasteiger partial charge on any atom is 0.243 e. The lowest BCUT2D eigenvalue weighted by molar-refractivity contribution is 0.158. The molecule has 1 heterocycles. The van der Waals surface area contributed by atoms with Crippen LogP contribution in [0.25, 0.3) is 0 Å². The molecule has 1 saturated heterocycles. The van der Waals surface area contributed by atoms with E-state index in [2.05, 4.69) is 22.6 Å². The van der Waals surface area contributed by atoms with Crippen molar-refractivity contribution in [2.75, 3.05) is 6.54 Å². The zero-order chi connectivity index (χ0) is 16.4. The van der Waals surface area contributed by atoms with E-state index in [0.717, 1.165) is 18.4 Å². The van der Waals surface area contributed by atoms with E-state index in [9.17, 15) is 8.42 Å². The number of alkyl halides is 1. The summed E-state index contributed by atoms with van der Waals surface area (Å²) in [7, 11) is -3.37. The predicted octanol–water partition coefficient (Wildman–Crippen LogP) is 4.53. The van der Waals surface area contributed by atoms with Gasteiger partial charge in [0.05, 0.1) is 4.90 Å². The van der Waals surface area contributed by atoms with Gasteiger partial charge in [-0.1, -0.05) is 59.5 Å². The highest BCUT2D eigenvalue weighted by molar-refractivity contribution is 14.1. The first-order valence-corrected chi connectivity index (χ1v) is 11.4. The van der Waals surface area contributed by atoms with Crippen LogP contribution in [-0.2, 0) is 10.0 Å². The molecule has 1 aromatic carbocycles. The lowest BCUT2D eigenvalue weighted by atomic mass is 9.81. The second kappa shape index (κ2) is 7.40. The molecule has 0 radical (unpaired) electrons. The Morgan fingerprint density at radius 1 is 1.04 bits per heavy atom. The summed E-state index contributed by atoms with van der Waals surface area (Å²) in [5, 5.41) is 0. The maximum absolute atomic E-state index is 13.2. The van der Waals surface area contributed by atoms with Crippen molar-refractivity contribution in [2.45, 2.75) is 66.7 Å². The summed E-state index contributed by atoms with van der Waals surface area (Å²) < 4.78 is 28.8. The Morgan fingerprint density at radius 3 is 2.35 bits per heavy atom. The van der Waals surface area contributed by atoms with E-state index < -0.39 is 10.0 Å². The van der Waals surface area contributed by atoms with E-state index in [0.29, 0.717) is 21.3 Å². The van der Waals surface area contributed by atoms with E-state index in [1.807, 2.05) is 23.4 Å². The van der Waals surface area contributed by atoms with Gasteiger partial charge in [0.25, 0.3) is 0 Å². The van der Waals surface area contributed by atoms with Crippen LogP contribution in [-0.4, -0.2) is 29.2 Å². The van der Waals surface area contributed by atoms with Gasteiger partial charge in [0.15, 0.2) is 0 Å². The molecule has 3 nitrogen and oxygen atoms in total. The van der Waals surface area contributed by atoms with Crippen LogP contribution in [0.5, 0.6) is 0 Å². The molecular weight excluding hydrogens is 421 g/mol. The summed E-state index contributed by atoms with van der Waals surface area (Å²) in [5.41, 5.74) is 1.10. The van der Waals surface area contributed by atoms with E-state index in [-0.39, 0.29) is 6.04 Å². The molecular formula is C18H26INO2S. The van der Waals surface area contributed by atoms with Crippen LogP contribution in [0.15, 0.2) is 29.2 Å². The maximum atomic E-state index is 13.2. The third-order valence-electron chi connectivity index (χ3n) is 5.35. The van der Waals surface area contributed by atoms with Crippen LogP contribution in [0.4, 0.5) is 0 Å². The highest BCUT2D eigenvalue weighted by Crippen LogP contribution is 2.38. The second-order valence-electron chi connectivity index (χ2n) is 7.02. The molecule has 1 saturated carbocycles. The van der Waals surface area contributed by atoms with Gasteiger partial charge in [-0.15, -0.1) is 0 Å². The number of hydrogen-bond acceptors (Lipinski definition) is 2. The van der Waals surface area contributed by atoms with E-state index >= 15 is 0 Å². The Hall–Kier alpha value is -0.140. The lowest BCUT2D eigenvalue weighted by Crippen LogP contribution is -2.50. The van der Waals surface area contributed by atoms with Crippen molar-refractivity contribution >= 4 is 32.6 Å². The Balaban J connectivity index is 1.89. The molecule has 2 aliphatic rings. The molecule has 0 spiro atoms. The van der Waals surface area contributed by atoms with Crippen molar-refractivity contribution in [2.24, 2.45) is 5.92 Å². The fourth-order valence-electron chi connectivity index (χ4n) is 4.02. The van der Waals surface area contributed by atoms with Crippen LogP contribution in [0.1, 0.15) is 50.5 Å². The van der Waals surface area contributed by atoms with Gasteiger partial charge in [-0.25, -0.2) is 8.42 Å². The molecule has 0 bridgehead atoms. The molecule has 0 N–H and O–H groups in total. The van der Waals surface area contributed by atoms with Gasteiger partial charge in [-0.2, -0.15) is 4.31 Å². The number of hydrogen-bond donors (Lipinski definition) is 0. The van der Waals surface area contributed by atoms with Crippen molar-refractivity contribution in [3.63, 3.8) is 0 Å². The summed E-state index contributed by atoms with van der Waals surface area (Å²) in [4.78, 5) is 0.454. The van der Waals surface area contributed by atoms with E-state index in [1.54, 1.807) is 12.1 Å². The first-order chi connectivity index (χ1) is 11.0. The third-order valence-corrected chi connectivity index (χ3v) is 8.42. The number of nitrogens with zero attached hydrogens (tertiary/aromatic N) is 1. The molecule has 1 aromatic rings. The molecule has 23 heavy (non-hydrogen) atoms. The average molecular weight is 447 g/mol. The predicted molar refractivity (Wildman–Crippen MR) is 102 cm³/mol. The summed E-state index contributed by atoms with van der Waals surface area (Å²) >= 11 is 2.50. The Bertz CT molecular complexity index is 623. The van der Waals surface area contributed by atoms with Gasteiger partial charge in [-0.3, -0.25) is 0 Å². The fraction of sp³-hybridized carbons (Fsp3) is 0.667. The molecule has 2 fully saturated rings. The van der Waals surface area contributed by atoms with Gasteiger partial charge in [0.1, 0.15) is 0 Å². The largest absolute Gasteiger partial charge is 0.243 e. The van der Waals surface area contributed by atoms with Crippen molar-refractivity contribution < 1.29 is 8.42 Å². The number of piperidine rings is 1. The molecule has 0 unspecified atom stereocenters. The molecule has 1 aliphatic heterocycles. The molecule has 2 atom stereocenters. The van der Waals surface area contributed by atoms with Crippen molar-refractivity contribution in [1.82, 2.24) is 4.31 Å². The SMILES string of the molecule is Cc1ccc(S(=O)(=O)N2CC[C@H](I)C[C@H]2C2CCCCC2)cc1. The monoisotopic (exact) mass is 447 g/mol. The first-order valence-electron chi connectivity index (χ1n) is 8.71. The number of halogens is 1. The minimum absolute atomic E-state index is 0.192. The van der Waals surface area contributed by atoms with Gasteiger partial charge >= 0.3 is 0 Å². The summed E-state index contributed by atoms with van der Waals surface area (Å²) in [6.07, 6.45) is 8.17. The zero-order valence-corrected chi connectivity index (χ0v) is 16.7. The average Bonchev–Trinajstić information content (AvgIpc) is 2.56. The summed E-state index contributed by atoms with van der Waals surface area (Å²) in [6.45, 7) is 2.66. The van der Waals surface area contributed by atoms with Crippen LogP contribution in [0, 0.1) is 12.8 Å².